The van der Waals surface area contributed by atoms with Crippen LogP contribution in [0.2, 0.25) is 0 Å². The third-order valence-electron chi connectivity index (χ3n) is 14.6. The number of fused-ring (bicyclic) bond motifs is 1. The summed E-state index contributed by atoms with van der Waals surface area (Å²) in [5.74, 6) is -3.67. The molecule has 1 aromatic heterocycles. The molecule has 86 heavy (non-hydrogen) atoms. The van der Waals surface area contributed by atoms with Crippen molar-refractivity contribution in [1.82, 2.24) is 25.6 Å². The van der Waals surface area contributed by atoms with Crippen LogP contribution in [0.15, 0.2) is 153 Å². The summed E-state index contributed by atoms with van der Waals surface area (Å²) in [5, 5.41) is 26.9. The number of hydrogen-bond acceptors (Lipinski definition) is 18. The summed E-state index contributed by atoms with van der Waals surface area (Å²) in [5.41, 5.74) is 7.16. The van der Waals surface area contributed by atoms with Gasteiger partial charge in [0.25, 0.3) is 5.91 Å². The fourth-order valence-electron chi connectivity index (χ4n) is 10.0. The average Bonchev–Trinajstić information content (AvgIpc) is 1.30. The first-order valence-corrected chi connectivity index (χ1v) is 32.3. The van der Waals surface area contributed by atoms with Crippen molar-refractivity contribution in [3.8, 4) is 22.8 Å². The topological polar surface area (TPSA) is 332 Å². The largest absolute Gasteiger partial charge is 0.497 e. The van der Waals surface area contributed by atoms with Crippen molar-refractivity contribution in [3.05, 3.63) is 139 Å². The second-order valence-electron chi connectivity index (χ2n) is 20.9. The van der Waals surface area contributed by atoms with Crippen LogP contribution in [0, 0.1) is 17.8 Å². The number of esters is 1. The van der Waals surface area contributed by atoms with Crippen LogP contribution in [-0.4, -0.2) is 130 Å². The molecule has 464 valence electrons. The second kappa shape index (κ2) is 31.1. The Kier molecular flexibility index (Phi) is 24.4. The predicted molar refractivity (Wildman–Crippen MR) is 314 cm³/mol. The molecular formula is C60H73N5O18S3. The molecule has 6 aromatic rings. The van der Waals surface area contributed by atoms with Gasteiger partial charge in [0.2, 0.25) is 27.7 Å². The Morgan fingerprint density at radius 1 is 0.686 bits per heavy atom. The number of para-hydroxylation sites is 1. The summed E-state index contributed by atoms with van der Waals surface area (Å²) in [6.07, 6.45) is 2.98. The maximum absolute atomic E-state index is 13.5. The van der Waals surface area contributed by atoms with Gasteiger partial charge < -0.3 is 23.5 Å². The van der Waals surface area contributed by atoms with Crippen LogP contribution in [-0.2, 0) is 65.0 Å². The van der Waals surface area contributed by atoms with E-state index in [0.717, 1.165) is 39.2 Å². The van der Waals surface area contributed by atoms with E-state index in [1.165, 1.54) is 80.4 Å². The molecule has 0 bridgehead atoms. The standard InChI is InChI=1S/C22H33N3O8S.C20H23NO5S.C18H17NO5S/c1-15(2)21(22(28)23-29)25(34(30,31)19-7-5-17(32-4)6-8-19)14-11-20(27)24-12-9-18(10-13-24)33-16(3)26;22-20(21-23)18-8-4-5-9-19(18)27(24,25)17-12-10-16(11-13-17)26-14-15-6-2-1-3-7-15;1-12(18(20)19-21)11-25(22,23)15-8-6-13(7-9-15)17-10-14-4-2-3-5-16(14)24-17/h5-8,15,18,21,29H,9-14H2,1-4H3,(H,23,28);1-3,6-7,10-13,18-19,23H,4-5,8-9,14H2,(H,21,22);2-10,12,21H,11H2,1H3,(H,19,20). The monoisotopic (exact) mass is 1250 g/mol. The van der Waals surface area contributed by atoms with Crippen LogP contribution in [0.4, 0.5) is 0 Å². The zero-order valence-corrected chi connectivity index (χ0v) is 50.7. The second-order valence-corrected chi connectivity index (χ2v) is 27.0. The van der Waals surface area contributed by atoms with Gasteiger partial charge in [-0.15, -0.1) is 0 Å². The SMILES string of the molecule is CC(CS(=O)(=O)c1ccc(-c2cc3ccccc3o2)cc1)C(=O)NO.COc1ccc(S(=O)(=O)N(CCC(=O)N2CCC(OC(C)=O)CC2)C(C(=O)NO)C(C)C)cc1.O=C(NO)C1CCCCC1S(=O)(=O)c1ccc(OCc2ccccc2)cc1. The number of methoxy groups -OCH3 is 1. The van der Waals surface area contributed by atoms with E-state index in [1.807, 2.05) is 60.7 Å². The van der Waals surface area contributed by atoms with E-state index in [2.05, 4.69) is 0 Å². The van der Waals surface area contributed by atoms with Crippen molar-refractivity contribution in [1.29, 1.82) is 0 Å². The third kappa shape index (κ3) is 17.9. The molecule has 4 amide bonds. The molecule has 6 N–H and O–H groups in total. The third-order valence-corrected chi connectivity index (χ3v) is 20.7. The summed E-state index contributed by atoms with van der Waals surface area (Å²) in [6, 6.07) is 36.2. The lowest BCUT2D eigenvalue weighted by molar-refractivity contribution is -0.149. The number of ether oxygens (including phenoxy) is 3. The molecule has 1 aliphatic heterocycles. The van der Waals surface area contributed by atoms with Crippen LogP contribution >= 0.6 is 0 Å². The molecule has 1 aliphatic carbocycles. The number of sulfone groups is 2. The van der Waals surface area contributed by atoms with Crippen molar-refractivity contribution in [2.24, 2.45) is 17.8 Å². The number of carbonyl (C=O) groups is 5. The van der Waals surface area contributed by atoms with Crippen LogP contribution in [0.3, 0.4) is 0 Å². The number of benzene rings is 5. The molecule has 2 aliphatic rings. The molecule has 26 heteroatoms. The molecule has 0 radical (unpaired) electrons. The number of carbonyl (C=O) groups excluding carboxylic acids is 5. The van der Waals surface area contributed by atoms with Gasteiger partial charge in [-0.2, -0.15) is 4.31 Å². The zero-order valence-electron chi connectivity index (χ0n) is 48.2. The van der Waals surface area contributed by atoms with Gasteiger partial charge >= 0.3 is 5.97 Å². The van der Waals surface area contributed by atoms with E-state index in [0.29, 0.717) is 62.6 Å². The normalized spacial score (nSPS) is 16.3. The van der Waals surface area contributed by atoms with Crippen molar-refractivity contribution in [2.45, 2.75) is 111 Å². The van der Waals surface area contributed by atoms with E-state index >= 15 is 0 Å². The molecule has 4 atom stereocenters. The Balaban J connectivity index is 0.000000209. The number of hydroxylamine groups is 3. The Morgan fingerprint density at radius 3 is 1.85 bits per heavy atom. The highest BCUT2D eigenvalue weighted by molar-refractivity contribution is 7.92. The maximum atomic E-state index is 13.5. The van der Waals surface area contributed by atoms with Gasteiger partial charge in [0.1, 0.15) is 41.6 Å². The minimum atomic E-state index is -4.20. The number of nitrogens with zero attached hydrogens (tertiary/aromatic N) is 2. The Labute approximate surface area is 500 Å². The number of rotatable bonds is 21. The predicted octanol–water partition coefficient (Wildman–Crippen LogP) is 7.28. The summed E-state index contributed by atoms with van der Waals surface area (Å²) >= 11 is 0. The Morgan fingerprint density at radius 2 is 1.27 bits per heavy atom. The summed E-state index contributed by atoms with van der Waals surface area (Å²) in [6.45, 7) is 6.98. The minimum absolute atomic E-state index is 0.0701. The van der Waals surface area contributed by atoms with Gasteiger partial charge in [-0.05, 0) is 109 Å². The van der Waals surface area contributed by atoms with Crippen LogP contribution in [0.1, 0.15) is 78.2 Å². The van der Waals surface area contributed by atoms with Gasteiger partial charge in [0, 0.05) is 56.8 Å². The van der Waals surface area contributed by atoms with Crippen molar-refractivity contribution in [3.63, 3.8) is 0 Å². The number of hydrogen-bond donors (Lipinski definition) is 6. The summed E-state index contributed by atoms with van der Waals surface area (Å²) in [7, 11) is -10.1. The molecular weight excluding hydrogens is 1170 g/mol. The number of furan rings is 1. The minimum Gasteiger partial charge on any atom is -0.497 e. The molecule has 8 rings (SSSR count). The van der Waals surface area contributed by atoms with E-state index < -0.39 is 76.5 Å². The van der Waals surface area contributed by atoms with Gasteiger partial charge in [0.15, 0.2) is 19.7 Å². The fourth-order valence-corrected chi connectivity index (χ4v) is 15.3. The molecule has 0 spiro atoms. The maximum Gasteiger partial charge on any atom is 0.302 e. The van der Waals surface area contributed by atoms with Crippen molar-refractivity contribution < 1.29 is 83.5 Å². The molecule has 4 unspecified atom stereocenters. The molecule has 1 saturated heterocycles. The van der Waals surface area contributed by atoms with Crippen LogP contribution in [0.25, 0.3) is 22.3 Å². The first-order valence-electron chi connectivity index (χ1n) is 27.7. The highest BCUT2D eigenvalue weighted by Gasteiger charge is 2.41. The number of piperidine rings is 1. The smallest absolute Gasteiger partial charge is 0.302 e. The quantitative estimate of drug-likeness (QED) is 0.0234. The zero-order chi connectivity index (χ0) is 62.8. The number of likely N-dealkylation sites (tertiary alicyclic amines) is 1. The fraction of sp³-hybridized carbons (Fsp3) is 0.383. The van der Waals surface area contributed by atoms with Crippen molar-refractivity contribution >= 4 is 70.3 Å². The molecule has 23 nitrogen and oxygen atoms in total. The highest BCUT2D eigenvalue weighted by Crippen LogP contribution is 2.35. The molecule has 2 fully saturated rings. The van der Waals surface area contributed by atoms with Crippen molar-refractivity contribution in [2.75, 3.05) is 32.5 Å². The lowest BCUT2D eigenvalue weighted by atomic mass is 9.88. The lowest BCUT2D eigenvalue weighted by Crippen LogP contribution is -2.52. The lowest BCUT2D eigenvalue weighted by Gasteiger charge is -2.34. The Hall–Kier alpha value is -7.72. The van der Waals surface area contributed by atoms with E-state index in [1.54, 1.807) is 48.5 Å². The molecule has 2 heterocycles. The number of nitrogens with one attached hydrogen (secondary N) is 3. The number of sulfonamides is 1. The average molecular weight is 1250 g/mol. The summed E-state index contributed by atoms with van der Waals surface area (Å²) < 4.78 is 100. The first kappa shape index (κ1) is 67.4. The Bertz CT molecular complexity index is 3550. The van der Waals surface area contributed by atoms with Crippen LogP contribution in [0.5, 0.6) is 11.5 Å². The highest BCUT2D eigenvalue weighted by atomic mass is 32.2. The van der Waals surface area contributed by atoms with Gasteiger partial charge in [-0.1, -0.05) is 82.1 Å². The van der Waals surface area contributed by atoms with E-state index in [9.17, 15) is 54.4 Å². The van der Waals surface area contributed by atoms with Crippen LogP contribution < -0.4 is 25.9 Å². The number of amides is 4. The molecule has 1 saturated carbocycles. The molecule has 5 aromatic carbocycles. The van der Waals surface area contributed by atoms with Gasteiger partial charge in [-0.3, -0.25) is 39.6 Å². The van der Waals surface area contributed by atoms with E-state index in [-0.39, 0.29) is 51.4 Å². The van der Waals surface area contributed by atoms with E-state index in [4.69, 9.17) is 29.0 Å². The van der Waals surface area contributed by atoms with Gasteiger partial charge in [0.05, 0.1) is 44.6 Å². The summed E-state index contributed by atoms with van der Waals surface area (Å²) in [4.78, 5) is 61.4. The van der Waals surface area contributed by atoms with Gasteiger partial charge in [-0.25, -0.2) is 41.7 Å². The first-order chi connectivity index (χ1) is 40.9.